The van der Waals surface area contributed by atoms with Crippen LogP contribution in [0.15, 0.2) is 42.5 Å². The van der Waals surface area contributed by atoms with Gasteiger partial charge in [-0.25, -0.2) is 9.18 Å². The third-order valence-electron chi connectivity index (χ3n) is 4.25. The molecule has 2 aromatic rings. The monoisotopic (exact) mass is 420 g/mol. The van der Waals surface area contributed by atoms with E-state index in [1.807, 2.05) is 18.2 Å². The van der Waals surface area contributed by atoms with Crippen molar-refractivity contribution in [2.24, 2.45) is 0 Å². The average molecular weight is 421 g/mol. The number of hydrogen-bond donors (Lipinski definition) is 2. The van der Waals surface area contributed by atoms with Crippen LogP contribution in [0.5, 0.6) is 0 Å². The number of aryl methyl sites for hydroxylation is 1. The Morgan fingerprint density at radius 1 is 1.17 bits per heavy atom. The second kappa shape index (κ2) is 10.6. The Bertz CT molecular complexity index is 890. The molecule has 0 aliphatic carbocycles. The molecule has 29 heavy (non-hydrogen) atoms. The molecular weight excluding hydrogens is 399 g/mol. The molecule has 0 saturated carbocycles. The summed E-state index contributed by atoms with van der Waals surface area (Å²) in [6.07, 6.45) is -0.368. The fourth-order valence-corrected chi connectivity index (χ4v) is 2.88. The molecule has 0 aromatic heterocycles. The Hall–Kier alpha value is -2.93. The topological polar surface area (TPSA) is 84.5 Å². The van der Waals surface area contributed by atoms with Gasteiger partial charge in [0.1, 0.15) is 18.5 Å². The largest absolute Gasteiger partial charge is 0.445 e. The highest BCUT2D eigenvalue weighted by molar-refractivity contribution is 6.64. The molecule has 2 N–H and O–H groups in total. The van der Waals surface area contributed by atoms with Crippen LogP contribution in [-0.4, -0.2) is 23.3 Å². The van der Waals surface area contributed by atoms with Crippen LogP contribution in [0.25, 0.3) is 0 Å². The summed E-state index contributed by atoms with van der Waals surface area (Å²) < 4.78 is 19.2. The summed E-state index contributed by atoms with van der Waals surface area (Å²) in [7, 11) is 0. The lowest BCUT2D eigenvalue weighted by Gasteiger charge is -2.16. The van der Waals surface area contributed by atoms with E-state index in [0.29, 0.717) is 16.8 Å². The number of nitrogens with one attached hydrogen (secondary N) is 2. The molecule has 0 radical (unpaired) electrons. The lowest BCUT2D eigenvalue weighted by molar-refractivity contribution is -0.114. The Kier molecular flexibility index (Phi) is 8.15. The van der Waals surface area contributed by atoms with E-state index < -0.39 is 23.2 Å². The summed E-state index contributed by atoms with van der Waals surface area (Å²) >= 11 is 5.60. The maximum atomic E-state index is 14.1. The standard InChI is InChI=1S/C21H22ClFN2O4/c1-13-16(10-17(11-18(13)23)24-14(2)26)8-9-19(20(22)27)25-21(28)29-12-15-6-4-3-5-7-15/h3-7,10-11,19H,8-9,12H2,1-2H3,(H,24,26)(H,25,28). The zero-order valence-corrected chi connectivity index (χ0v) is 16.9. The fraction of sp³-hybridized carbons (Fsp3) is 0.286. The quantitative estimate of drug-likeness (QED) is 0.630. The zero-order chi connectivity index (χ0) is 21.4. The number of amides is 2. The van der Waals surface area contributed by atoms with E-state index in [1.54, 1.807) is 25.1 Å². The van der Waals surface area contributed by atoms with Gasteiger partial charge in [-0.1, -0.05) is 30.3 Å². The van der Waals surface area contributed by atoms with Crippen molar-refractivity contribution in [2.75, 3.05) is 5.32 Å². The Labute approximate surface area is 173 Å². The zero-order valence-electron chi connectivity index (χ0n) is 16.1. The molecule has 1 atom stereocenters. The maximum Gasteiger partial charge on any atom is 0.408 e. The van der Waals surface area contributed by atoms with Crippen molar-refractivity contribution in [1.29, 1.82) is 0 Å². The average Bonchev–Trinajstić information content (AvgIpc) is 2.67. The minimum Gasteiger partial charge on any atom is -0.445 e. The molecule has 0 heterocycles. The molecule has 0 saturated heterocycles. The summed E-state index contributed by atoms with van der Waals surface area (Å²) in [6, 6.07) is 10.9. The van der Waals surface area contributed by atoms with Crippen molar-refractivity contribution in [1.82, 2.24) is 5.32 Å². The van der Waals surface area contributed by atoms with Crippen molar-refractivity contribution < 1.29 is 23.5 Å². The number of benzene rings is 2. The molecule has 0 fully saturated rings. The van der Waals surface area contributed by atoms with Crippen molar-refractivity contribution in [3.63, 3.8) is 0 Å². The van der Waals surface area contributed by atoms with Crippen molar-refractivity contribution in [3.8, 4) is 0 Å². The normalized spacial score (nSPS) is 11.4. The molecule has 1 unspecified atom stereocenters. The van der Waals surface area contributed by atoms with Gasteiger partial charge >= 0.3 is 6.09 Å². The van der Waals surface area contributed by atoms with Crippen LogP contribution in [-0.2, 0) is 27.4 Å². The van der Waals surface area contributed by atoms with Gasteiger partial charge in [0.15, 0.2) is 0 Å². The molecule has 154 valence electrons. The van der Waals surface area contributed by atoms with E-state index in [1.165, 1.54) is 13.0 Å². The first kappa shape index (κ1) is 22.4. The minimum atomic E-state index is -0.994. The first-order valence-electron chi connectivity index (χ1n) is 8.99. The molecule has 6 nitrogen and oxygen atoms in total. The number of hydrogen-bond acceptors (Lipinski definition) is 4. The predicted octanol–water partition coefficient (Wildman–Crippen LogP) is 4.09. The Balaban J connectivity index is 1.98. The summed E-state index contributed by atoms with van der Waals surface area (Å²) in [5.41, 5.74) is 2.11. The third-order valence-corrected chi connectivity index (χ3v) is 4.52. The highest BCUT2D eigenvalue weighted by atomic mass is 35.5. The SMILES string of the molecule is CC(=O)Nc1cc(F)c(C)c(CCC(NC(=O)OCc2ccccc2)C(=O)Cl)c1. The molecule has 0 bridgehead atoms. The van der Waals surface area contributed by atoms with Crippen molar-refractivity contribution >= 4 is 34.5 Å². The van der Waals surface area contributed by atoms with E-state index in [0.717, 1.165) is 5.56 Å². The molecule has 0 aliphatic rings. The van der Waals surface area contributed by atoms with Gasteiger partial charge in [-0.15, -0.1) is 0 Å². The molecule has 2 aromatic carbocycles. The third kappa shape index (κ3) is 7.19. The van der Waals surface area contributed by atoms with Crippen molar-refractivity contribution in [3.05, 3.63) is 65.0 Å². The van der Waals surface area contributed by atoms with Crippen LogP contribution < -0.4 is 10.6 Å². The van der Waals surface area contributed by atoms with E-state index in [9.17, 15) is 18.8 Å². The van der Waals surface area contributed by atoms with Crippen LogP contribution in [0.1, 0.15) is 30.0 Å². The molecule has 8 heteroatoms. The molecule has 2 amide bonds. The second-order valence-electron chi connectivity index (χ2n) is 6.52. The number of anilines is 1. The first-order chi connectivity index (χ1) is 13.8. The summed E-state index contributed by atoms with van der Waals surface area (Å²) in [5, 5.41) is 4.21. The summed E-state index contributed by atoms with van der Waals surface area (Å²) in [4.78, 5) is 34.9. The second-order valence-corrected chi connectivity index (χ2v) is 6.90. The van der Waals surface area contributed by atoms with Gasteiger partial charge in [-0.2, -0.15) is 0 Å². The van der Waals surface area contributed by atoms with Crippen LogP contribution in [0.3, 0.4) is 0 Å². The summed E-state index contributed by atoms with van der Waals surface area (Å²) in [5.74, 6) is -0.800. The highest BCUT2D eigenvalue weighted by Crippen LogP contribution is 2.21. The van der Waals surface area contributed by atoms with Crippen molar-refractivity contribution in [2.45, 2.75) is 39.3 Å². The van der Waals surface area contributed by atoms with E-state index in [4.69, 9.17) is 16.3 Å². The predicted molar refractivity (Wildman–Crippen MR) is 108 cm³/mol. The Morgan fingerprint density at radius 3 is 2.48 bits per heavy atom. The number of ether oxygens (including phenoxy) is 1. The van der Waals surface area contributed by atoms with Gasteiger partial charge in [0.2, 0.25) is 11.1 Å². The number of rotatable bonds is 8. The molecule has 0 aliphatic heterocycles. The van der Waals surface area contributed by atoms with Gasteiger partial charge in [0.25, 0.3) is 0 Å². The van der Waals surface area contributed by atoms with E-state index in [-0.39, 0.29) is 25.4 Å². The van der Waals surface area contributed by atoms with Gasteiger partial charge < -0.3 is 15.4 Å². The fourth-order valence-electron chi connectivity index (χ4n) is 2.72. The number of carbonyl (C=O) groups is 3. The van der Waals surface area contributed by atoms with Crippen LogP contribution in [0, 0.1) is 12.7 Å². The van der Waals surface area contributed by atoms with Gasteiger partial charge in [-0.3, -0.25) is 9.59 Å². The number of carbonyl (C=O) groups excluding carboxylic acids is 3. The Morgan fingerprint density at radius 2 is 1.86 bits per heavy atom. The molecule has 2 rings (SSSR count). The lowest BCUT2D eigenvalue weighted by atomic mass is 10.00. The maximum absolute atomic E-state index is 14.1. The van der Waals surface area contributed by atoms with Crippen LogP contribution in [0.2, 0.25) is 0 Å². The van der Waals surface area contributed by atoms with Gasteiger partial charge in [0, 0.05) is 12.6 Å². The van der Waals surface area contributed by atoms with Crippen LogP contribution >= 0.6 is 11.6 Å². The number of halogens is 2. The smallest absolute Gasteiger partial charge is 0.408 e. The molecule has 0 spiro atoms. The first-order valence-corrected chi connectivity index (χ1v) is 9.37. The molecular formula is C21H22ClFN2O4. The van der Waals surface area contributed by atoms with Gasteiger partial charge in [0.05, 0.1) is 0 Å². The minimum absolute atomic E-state index is 0.0545. The lowest BCUT2D eigenvalue weighted by Crippen LogP contribution is -2.39. The highest BCUT2D eigenvalue weighted by Gasteiger charge is 2.20. The van der Waals surface area contributed by atoms with Crippen LogP contribution in [0.4, 0.5) is 14.9 Å². The van der Waals surface area contributed by atoms with Gasteiger partial charge in [-0.05, 0) is 60.2 Å². The van der Waals surface area contributed by atoms with E-state index >= 15 is 0 Å². The summed E-state index contributed by atoms with van der Waals surface area (Å²) in [6.45, 7) is 2.98. The number of alkyl carbamates (subject to hydrolysis) is 1. The van der Waals surface area contributed by atoms with E-state index in [2.05, 4.69) is 10.6 Å².